The third-order valence-electron chi connectivity index (χ3n) is 5.65. The number of aliphatic hydroxyl groups excluding tert-OH is 1. The molecule has 37 heavy (non-hydrogen) atoms. The molecule has 0 radical (unpaired) electrons. The van der Waals surface area contributed by atoms with Gasteiger partial charge < -0.3 is 37.8 Å². The fourth-order valence-corrected chi connectivity index (χ4v) is 3.54. The van der Waals surface area contributed by atoms with E-state index < -0.39 is 47.5 Å². The van der Waals surface area contributed by atoms with Crippen molar-refractivity contribution in [3.05, 3.63) is 70.8 Å². The van der Waals surface area contributed by atoms with Gasteiger partial charge in [-0.25, -0.2) is 8.78 Å². The highest BCUT2D eigenvalue weighted by Gasteiger charge is 2.32. The largest absolute Gasteiger partial charge is 0.386 e. The van der Waals surface area contributed by atoms with Gasteiger partial charge in [-0.15, -0.1) is 0 Å². The molecule has 202 valence electrons. The number of halogens is 2. The zero-order valence-corrected chi connectivity index (χ0v) is 20.6. The number of carbonyl (C=O) groups is 3. The standard InChI is InChI=1S/C25H34F2N6O4/c1-15-2-5-17(6-3-15)23(35)22(25(37)31-14-16-4-7-18(26)19(27)12-16)32-24(36)20(30)13-21(34)33(10-8-28)11-9-29/h2-7,12,20,22-23,35H,8-11,13-14,28-30H2,1H3,(H,31,37)(H,32,36)/t20-,22-,23+/m0/s1. The summed E-state index contributed by atoms with van der Waals surface area (Å²) in [5.41, 5.74) is 18.5. The van der Waals surface area contributed by atoms with E-state index in [0.29, 0.717) is 5.56 Å². The molecule has 12 heteroatoms. The van der Waals surface area contributed by atoms with Crippen LogP contribution in [-0.2, 0) is 20.9 Å². The number of hydrogen-bond acceptors (Lipinski definition) is 7. The number of rotatable bonds is 13. The second-order valence-corrected chi connectivity index (χ2v) is 8.58. The Labute approximate surface area is 214 Å². The van der Waals surface area contributed by atoms with Crippen LogP contribution < -0.4 is 27.8 Å². The second kappa shape index (κ2) is 14.3. The molecule has 2 aromatic carbocycles. The summed E-state index contributed by atoms with van der Waals surface area (Å²) >= 11 is 0. The number of nitrogens with one attached hydrogen (secondary N) is 2. The van der Waals surface area contributed by atoms with Gasteiger partial charge in [0.25, 0.3) is 0 Å². The lowest BCUT2D eigenvalue weighted by atomic mass is 9.99. The van der Waals surface area contributed by atoms with E-state index in [2.05, 4.69) is 10.6 Å². The van der Waals surface area contributed by atoms with E-state index >= 15 is 0 Å². The van der Waals surface area contributed by atoms with E-state index in [1.807, 2.05) is 6.92 Å². The van der Waals surface area contributed by atoms with E-state index in [1.165, 1.54) is 11.0 Å². The minimum atomic E-state index is -1.49. The van der Waals surface area contributed by atoms with Crippen molar-refractivity contribution in [1.29, 1.82) is 0 Å². The highest BCUT2D eigenvalue weighted by molar-refractivity contribution is 5.92. The third-order valence-corrected chi connectivity index (χ3v) is 5.65. The molecular formula is C25H34F2N6O4. The van der Waals surface area contributed by atoms with Gasteiger partial charge in [-0.2, -0.15) is 0 Å². The van der Waals surface area contributed by atoms with Crippen molar-refractivity contribution < 1.29 is 28.3 Å². The van der Waals surface area contributed by atoms with Crippen molar-refractivity contribution in [2.45, 2.75) is 38.1 Å². The molecule has 0 unspecified atom stereocenters. The van der Waals surface area contributed by atoms with Gasteiger partial charge in [-0.05, 0) is 30.2 Å². The lowest BCUT2D eigenvalue weighted by Gasteiger charge is -2.26. The molecule has 0 saturated heterocycles. The lowest BCUT2D eigenvalue weighted by Crippen LogP contribution is -2.55. The quantitative estimate of drug-likeness (QED) is 0.208. The number of benzene rings is 2. The Morgan fingerprint density at radius 1 is 0.973 bits per heavy atom. The highest BCUT2D eigenvalue weighted by atomic mass is 19.2. The minimum absolute atomic E-state index is 0.194. The smallest absolute Gasteiger partial charge is 0.245 e. The first kappa shape index (κ1) is 29.8. The summed E-state index contributed by atoms with van der Waals surface area (Å²) in [6.45, 7) is 2.54. The molecule has 0 spiro atoms. The SMILES string of the molecule is Cc1ccc([C@@H](O)[C@H](NC(=O)[C@@H](N)CC(=O)N(CCN)CCN)C(=O)NCc2ccc(F)c(F)c2)cc1. The van der Waals surface area contributed by atoms with Gasteiger partial charge in [0.2, 0.25) is 17.7 Å². The van der Waals surface area contributed by atoms with E-state index in [-0.39, 0.29) is 44.7 Å². The molecule has 0 aliphatic rings. The maximum absolute atomic E-state index is 13.5. The van der Waals surface area contributed by atoms with Crippen LogP contribution >= 0.6 is 0 Å². The Bertz CT molecular complexity index is 1060. The van der Waals surface area contributed by atoms with Gasteiger partial charge in [0.1, 0.15) is 12.1 Å². The Kier molecular flexibility index (Phi) is 11.5. The Balaban J connectivity index is 2.17. The van der Waals surface area contributed by atoms with Crippen molar-refractivity contribution in [2.24, 2.45) is 17.2 Å². The van der Waals surface area contributed by atoms with Crippen LogP contribution in [0.3, 0.4) is 0 Å². The monoisotopic (exact) mass is 520 g/mol. The number of carbonyl (C=O) groups excluding carboxylic acids is 3. The number of nitrogens with two attached hydrogens (primary N) is 3. The van der Waals surface area contributed by atoms with Crippen molar-refractivity contribution in [3.63, 3.8) is 0 Å². The Hall–Kier alpha value is -3.45. The van der Waals surface area contributed by atoms with E-state index in [0.717, 1.165) is 17.7 Å². The van der Waals surface area contributed by atoms with Crippen molar-refractivity contribution in [2.75, 3.05) is 26.2 Å². The maximum Gasteiger partial charge on any atom is 0.245 e. The molecule has 0 fully saturated rings. The molecule has 0 heterocycles. The van der Waals surface area contributed by atoms with Crippen LogP contribution in [0.2, 0.25) is 0 Å². The summed E-state index contributed by atoms with van der Waals surface area (Å²) < 4.78 is 26.7. The summed E-state index contributed by atoms with van der Waals surface area (Å²) in [6.07, 6.45) is -1.83. The van der Waals surface area contributed by atoms with E-state index in [9.17, 15) is 28.3 Å². The Morgan fingerprint density at radius 2 is 1.59 bits per heavy atom. The normalized spacial score (nSPS) is 13.4. The molecule has 10 nitrogen and oxygen atoms in total. The summed E-state index contributed by atoms with van der Waals surface area (Å²) in [7, 11) is 0. The molecule has 3 amide bonds. The van der Waals surface area contributed by atoms with Gasteiger partial charge in [0.15, 0.2) is 11.6 Å². The molecule has 0 saturated carbocycles. The van der Waals surface area contributed by atoms with Crippen LogP contribution in [0.5, 0.6) is 0 Å². The third kappa shape index (κ3) is 8.86. The first-order valence-electron chi connectivity index (χ1n) is 11.8. The molecule has 0 aromatic heterocycles. The van der Waals surface area contributed by atoms with E-state index in [1.54, 1.807) is 24.3 Å². The zero-order chi connectivity index (χ0) is 27.5. The van der Waals surface area contributed by atoms with Gasteiger partial charge in [0.05, 0.1) is 12.5 Å². The van der Waals surface area contributed by atoms with Gasteiger partial charge in [-0.3, -0.25) is 14.4 Å². The predicted octanol–water partition coefficient (Wildman–Crippen LogP) is -0.429. The zero-order valence-electron chi connectivity index (χ0n) is 20.6. The first-order chi connectivity index (χ1) is 17.6. The van der Waals surface area contributed by atoms with Gasteiger partial charge in [0, 0.05) is 32.7 Å². The number of hydrogen-bond donors (Lipinski definition) is 6. The van der Waals surface area contributed by atoms with Crippen molar-refractivity contribution >= 4 is 17.7 Å². The molecule has 0 bridgehead atoms. The summed E-state index contributed by atoms with van der Waals surface area (Å²) in [6, 6.07) is 6.98. The first-order valence-corrected chi connectivity index (χ1v) is 11.8. The van der Waals surface area contributed by atoms with Gasteiger partial charge >= 0.3 is 0 Å². The van der Waals surface area contributed by atoms with Crippen LogP contribution in [-0.4, -0.2) is 66.0 Å². The molecule has 0 aliphatic heterocycles. The number of aryl methyl sites for hydroxylation is 1. The fourth-order valence-electron chi connectivity index (χ4n) is 3.54. The molecule has 0 aliphatic carbocycles. The average Bonchev–Trinajstić information content (AvgIpc) is 2.87. The minimum Gasteiger partial charge on any atom is -0.386 e. The molecule has 9 N–H and O–H groups in total. The topological polar surface area (TPSA) is 177 Å². The molecule has 2 aromatic rings. The fraction of sp³-hybridized carbons (Fsp3) is 0.400. The van der Waals surface area contributed by atoms with Crippen LogP contribution in [0.15, 0.2) is 42.5 Å². The lowest BCUT2D eigenvalue weighted by molar-refractivity contribution is -0.136. The summed E-state index contributed by atoms with van der Waals surface area (Å²) in [4.78, 5) is 39.8. The Morgan fingerprint density at radius 3 is 2.16 bits per heavy atom. The second-order valence-electron chi connectivity index (χ2n) is 8.58. The van der Waals surface area contributed by atoms with Crippen LogP contribution in [0.4, 0.5) is 8.78 Å². The van der Waals surface area contributed by atoms with Crippen molar-refractivity contribution in [1.82, 2.24) is 15.5 Å². The number of amides is 3. The van der Waals surface area contributed by atoms with E-state index in [4.69, 9.17) is 17.2 Å². The highest BCUT2D eigenvalue weighted by Crippen LogP contribution is 2.19. The van der Waals surface area contributed by atoms with Crippen LogP contribution in [0, 0.1) is 18.6 Å². The predicted molar refractivity (Wildman–Crippen MR) is 134 cm³/mol. The number of nitrogens with zero attached hydrogens (tertiary/aromatic N) is 1. The molecule has 3 atom stereocenters. The summed E-state index contributed by atoms with van der Waals surface area (Å²) in [5, 5.41) is 15.8. The number of aliphatic hydroxyl groups is 1. The van der Waals surface area contributed by atoms with Crippen LogP contribution in [0.25, 0.3) is 0 Å². The summed E-state index contributed by atoms with van der Waals surface area (Å²) in [5.74, 6) is -4.18. The molecule has 2 rings (SSSR count). The average molecular weight is 521 g/mol. The van der Waals surface area contributed by atoms with Crippen molar-refractivity contribution in [3.8, 4) is 0 Å². The maximum atomic E-state index is 13.5. The van der Waals surface area contributed by atoms with Gasteiger partial charge in [-0.1, -0.05) is 35.9 Å². The molecular weight excluding hydrogens is 486 g/mol. The van der Waals surface area contributed by atoms with Crippen LogP contribution in [0.1, 0.15) is 29.2 Å².